The second-order valence-electron chi connectivity index (χ2n) is 5.64. The molecule has 0 fully saturated rings. The third-order valence-electron chi connectivity index (χ3n) is 4.53. The van der Waals surface area contributed by atoms with E-state index >= 15 is 0 Å². The van der Waals surface area contributed by atoms with Crippen molar-refractivity contribution in [3.8, 4) is 0 Å². The number of aryl methyl sites for hydroxylation is 1. The van der Waals surface area contributed by atoms with E-state index in [1.165, 1.54) is 23.1 Å². The summed E-state index contributed by atoms with van der Waals surface area (Å²) in [4.78, 5) is 11.9. The fourth-order valence-corrected chi connectivity index (χ4v) is 3.46. The van der Waals surface area contributed by atoms with E-state index in [1.807, 2.05) is 6.92 Å². The summed E-state index contributed by atoms with van der Waals surface area (Å²) in [5.41, 5.74) is 5.30. The first-order chi connectivity index (χ1) is 8.12. The summed E-state index contributed by atoms with van der Waals surface area (Å²) >= 11 is 0. The van der Waals surface area contributed by atoms with Crippen LogP contribution in [0.4, 0.5) is 0 Å². The summed E-state index contributed by atoms with van der Waals surface area (Å²) in [5.74, 6) is 0.342. The van der Waals surface area contributed by atoms with Crippen LogP contribution in [0.2, 0.25) is 0 Å². The van der Waals surface area contributed by atoms with Crippen molar-refractivity contribution in [3.63, 3.8) is 0 Å². The number of allylic oxidation sites excluding steroid dienone is 2. The SMILES string of the molecule is CC1=C2c3ccccc3CCC2(C)CCC1=O. The van der Waals surface area contributed by atoms with Crippen LogP contribution < -0.4 is 0 Å². The van der Waals surface area contributed by atoms with Gasteiger partial charge in [0.25, 0.3) is 0 Å². The Bertz CT molecular complexity index is 524. The van der Waals surface area contributed by atoms with Crippen molar-refractivity contribution in [1.29, 1.82) is 0 Å². The smallest absolute Gasteiger partial charge is 0.158 e. The number of hydrogen-bond acceptors (Lipinski definition) is 1. The number of ketones is 1. The highest BCUT2D eigenvalue weighted by Gasteiger charge is 2.39. The van der Waals surface area contributed by atoms with Gasteiger partial charge in [-0.1, -0.05) is 31.2 Å². The highest BCUT2D eigenvalue weighted by Crippen LogP contribution is 2.51. The fraction of sp³-hybridized carbons (Fsp3) is 0.438. The average Bonchev–Trinajstić information content (AvgIpc) is 2.34. The zero-order valence-corrected chi connectivity index (χ0v) is 10.5. The van der Waals surface area contributed by atoms with Crippen molar-refractivity contribution in [2.45, 2.75) is 39.5 Å². The highest BCUT2D eigenvalue weighted by molar-refractivity contribution is 6.05. The average molecular weight is 226 g/mol. The molecule has 0 saturated carbocycles. The van der Waals surface area contributed by atoms with E-state index in [4.69, 9.17) is 0 Å². The molecule has 0 saturated heterocycles. The Morgan fingerprint density at radius 1 is 1.12 bits per heavy atom. The minimum absolute atomic E-state index is 0.229. The first-order valence-corrected chi connectivity index (χ1v) is 6.45. The molecule has 17 heavy (non-hydrogen) atoms. The number of fused-ring (bicyclic) bond motifs is 3. The zero-order chi connectivity index (χ0) is 12.0. The van der Waals surface area contributed by atoms with Crippen molar-refractivity contribution in [3.05, 3.63) is 41.0 Å². The lowest BCUT2D eigenvalue weighted by Gasteiger charge is -2.41. The standard InChI is InChI=1S/C16H18O/c1-11-14(17)8-10-16(2)9-7-12-5-3-4-6-13(12)15(11)16/h3-6H,7-10H2,1-2H3. The van der Waals surface area contributed by atoms with Crippen LogP contribution >= 0.6 is 0 Å². The molecule has 0 amide bonds. The molecule has 1 atom stereocenters. The summed E-state index contributed by atoms with van der Waals surface area (Å²) in [6.45, 7) is 4.34. The van der Waals surface area contributed by atoms with Crippen LogP contribution in [0.5, 0.6) is 0 Å². The van der Waals surface area contributed by atoms with Gasteiger partial charge in [0.15, 0.2) is 5.78 Å². The number of carbonyl (C=O) groups excluding carboxylic acids is 1. The van der Waals surface area contributed by atoms with Crippen molar-refractivity contribution in [2.75, 3.05) is 0 Å². The third-order valence-corrected chi connectivity index (χ3v) is 4.53. The van der Waals surface area contributed by atoms with E-state index in [0.29, 0.717) is 5.78 Å². The summed E-state index contributed by atoms with van der Waals surface area (Å²) in [6.07, 6.45) is 4.09. The summed E-state index contributed by atoms with van der Waals surface area (Å²) in [5, 5.41) is 0. The van der Waals surface area contributed by atoms with Crippen LogP contribution in [0.3, 0.4) is 0 Å². The molecular weight excluding hydrogens is 208 g/mol. The van der Waals surface area contributed by atoms with Crippen LogP contribution in [0, 0.1) is 5.41 Å². The molecule has 0 N–H and O–H groups in total. The van der Waals surface area contributed by atoms with Crippen LogP contribution in [0.25, 0.3) is 5.57 Å². The number of hydrogen-bond donors (Lipinski definition) is 0. The van der Waals surface area contributed by atoms with E-state index < -0.39 is 0 Å². The number of rotatable bonds is 0. The summed E-state index contributed by atoms with van der Waals surface area (Å²) in [6, 6.07) is 8.57. The maximum absolute atomic E-state index is 11.9. The Balaban J connectivity index is 2.27. The molecule has 0 radical (unpaired) electrons. The van der Waals surface area contributed by atoms with E-state index in [2.05, 4.69) is 31.2 Å². The molecule has 0 aromatic heterocycles. The lowest BCUT2D eigenvalue weighted by molar-refractivity contribution is -0.116. The zero-order valence-electron chi connectivity index (χ0n) is 10.5. The molecule has 88 valence electrons. The van der Waals surface area contributed by atoms with Crippen LogP contribution in [0.1, 0.15) is 44.2 Å². The van der Waals surface area contributed by atoms with Gasteiger partial charge in [-0.05, 0) is 53.9 Å². The molecule has 1 nitrogen and oxygen atoms in total. The third kappa shape index (κ3) is 1.49. The van der Waals surface area contributed by atoms with Gasteiger partial charge in [-0.15, -0.1) is 0 Å². The second-order valence-corrected chi connectivity index (χ2v) is 5.64. The second kappa shape index (κ2) is 3.56. The van der Waals surface area contributed by atoms with E-state index in [9.17, 15) is 4.79 Å². The molecule has 1 aromatic rings. The summed E-state index contributed by atoms with van der Waals surface area (Å²) in [7, 11) is 0. The molecule has 0 bridgehead atoms. The minimum Gasteiger partial charge on any atom is -0.295 e. The summed E-state index contributed by atoms with van der Waals surface area (Å²) < 4.78 is 0. The first kappa shape index (κ1) is 10.8. The van der Waals surface area contributed by atoms with E-state index in [1.54, 1.807) is 0 Å². The molecule has 2 aliphatic carbocycles. The molecule has 1 unspecified atom stereocenters. The first-order valence-electron chi connectivity index (χ1n) is 6.45. The Morgan fingerprint density at radius 3 is 2.65 bits per heavy atom. The van der Waals surface area contributed by atoms with Crippen LogP contribution in [-0.4, -0.2) is 5.78 Å². The Hall–Kier alpha value is -1.37. The van der Waals surface area contributed by atoms with Gasteiger partial charge in [0.2, 0.25) is 0 Å². The monoisotopic (exact) mass is 226 g/mol. The van der Waals surface area contributed by atoms with Crippen molar-refractivity contribution < 1.29 is 4.79 Å². The van der Waals surface area contributed by atoms with E-state index in [-0.39, 0.29) is 5.41 Å². The molecule has 1 aromatic carbocycles. The number of carbonyl (C=O) groups is 1. The van der Waals surface area contributed by atoms with Crippen molar-refractivity contribution in [2.24, 2.45) is 5.41 Å². The predicted octanol–water partition coefficient (Wildman–Crippen LogP) is 3.78. The normalized spacial score (nSPS) is 27.8. The van der Waals surface area contributed by atoms with Gasteiger partial charge in [-0.2, -0.15) is 0 Å². The maximum atomic E-state index is 11.9. The molecular formula is C16H18O. The molecule has 3 rings (SSSR count). The van der Waals surface area contributed by atoms with Gasteiger partial charge in [0.05, 0.1) is 0 Å². The van der Waals surface area contributed by atoms with Crippen molar-refractivity contribution in [1.82, 2.24) is 0 Å². The van der Waals surface area contributed by atoms with Gasteiger partial charge in [0.1, 0.15) is 0 Å². The number of Topliss-reactive ketones (excluding diaryl/α,β-unsaturated/α-hetero) is 1. The maximum Gasteiger partial charge on any atom is 0.158 e. The van der Waals surface area contributed by atoms with E-state index in [0.717, 1.165) is 24.8 Å². The lowest BCUT2D eigenvalue weighted by Crippen LogP contribution is -2.31. The van der Waals surface area contributed by atoms with Crippen molar-refractivity contribution >= 4 is 11.4 Å². The fourth-order valence-electron chi connectivity index (χ4n) is 3.46. The molecule has 2 aliphatic rings. The number of benzene rings is 1. The molecule has 0 spiro atoms. The Kier molecular flexibility index (Phi) is 2.25. The molecule has 0 aliphatic heterocycles. The lowest BCUT2D eigenvalue weighted by atomic mass is 9.62. The van der Waals surface area contributed by atoms with Gasteiger partial charge in [-0.3, -0.25) is 4.79 Å². The Morgan fingerprint density at radius 2 is 1.82 bits per heavy atom. The Labute approximate surface area is 103 Å². The van der Waals surface area contributed by atoms with Crippen LogP contribution in [0.15, 0.2) is 29.8 Å². The van der Waals surface area contributed by atoms with Gasteiger partial charge in [0, 0.05) is 6.42 Å². The largest absolute Gasteiger partial charge is 0.295 e. The highest BCUT2D eigenvalue weighted by atomic mass is 16.1. The molecule has 1 heteroatoms. The minimum atomic E-state index is 0.229. The van der Waals surface area contributed by atoms with Gasteiger partial charge in [-0.25, -0.2) is 0 Å². The quantitative estimate of drug-likeness (QED) is 0.658. The molecule has 0 heterocycles. The van der Waals surface area contributed by atoms with Gasteiger partial charge >= 0.3 is 0 Å². The predicted molar refractivity (Wildman–Crippen MR) is 69.7 cm³/mol. The van der Waals surface area contributed by atoms with Crippen LogP contribution in [-0.2, 0) is 11.2 Å². The van der Waals surface area contributed by atoms with Gasteiger partial charge < -0.3 is 0 Å². The topological polar surface area (TPSA) is 17.1 Å².